The Hall–Kier alpha value is -2.23. The van der Waals surface area contributed by atoms with Crippen LogP contribution in [0.5, 0.6) is 0 Å². The normalized spacial score (nSPS) is 15.7. The zero-order valence-corrected chi connectivity index (χ0v) is 15.8. The third-order valence-electron chi connectivity index (χ3n) is 4.25. The minimum atomic E-state index is -3.59. The predicted octanol–water partition coefficient (Wildman–Crippen LogP) is 1.07. The highest BCUT2D eigenvalue weighted by Crippen LogP contribution is 2.26. The van der Waals surface area contributed by atoms with Crippen LogP contribution in [-0.4, -0.2) is 37.2 Å². The van der Waals surface area contributed by atoms with E-state index in [0.717, 1.165) is 18.4 Å². The zero-order chi connectivity index (χ0) is 18.9. The van der Waals surface area contributed by atoms with Crippen molar-refractivity contribution in [2.45, 2.75) is 36.7 Å². The van der Waals surface area contributed by atoms with Gasteiger partial charge in [0.2, 0.25) is 15.9 Å². The van der Waals surface area contributed by atoms with E-state index in [-0.39, 0.29) is 16.8 Å². The number of nitrogens with zero attached hydrogens (tertiary/aromatic N) is 2. The molecule has 1 amide bonds. The average Bonchev–Trinajstić information content (AvgIpc) is 3.28. The number of aromatic nitrogens is 2. The van der Waals surface area contributed by atoms with Crippen LogP contribution in [0.2, 0.25) is 0 Å². The summed E-state index contributed by atoms with van der Waals surface area (Å²) in [6, 6.07) is 4.31. The van der Waals surface area contributed by atoms with E-state index in [0.29, 0.717) is 11.3 Å². The summed E-state index contributed by atoms with van der Waals surface area (Å²) in [6.45, 7) is 1.74. The van der Waals surface area contributed by atoms with Crippen LogP contribution in [0.3, 0.4) is 0 Å². The van der Waals surface area contributed by atoms with Gasteiger partial charge in [-0.3, -0.25) is 9.48 Å². The fourth-order valence-corrected chi connectivity index (χ4v) is 4.28. The maximum absolute atomic E-state index is 12.6. The standard InChI is InChI=1S/C17H23N5O3S/c1-11-4-5-14(8-15(11)26(24,25)21-13-6-7-13)20-17(23)16(18-2)12-9-19-22(3)10-12/h4-5,8-10,13,16,18,21H,6-7H2,1-3H3,(H,20,23). The van der Waals surface area contributed by atoms with E-state index in [4.69, 9.17) is 0 Å². The summed E-state index contributed by atoms with van der Waals surface area (Å²) in [5, 5.41) is 9.80. The molecule has 0 saturated heterocycles. The monoisotopic (exact) mass is 377 g/mol. The van der Waals surface area contributed by atoms with Crippen molar-refractivity contribution in [1.29, 1.82) is 0 Å². The first-order chi connectivity index (χ1) is 12.3. The van der Waals surface area contributed by atoms with Crippen molar-refractivity contribution < 1.29 is 13.2 Å². The number of hydrogen-bond acceptors (Lipinski definition) is 5. The van der Waals surface area contributed by atoms with Crippen LogP contribution in [0.1, 0.15) is 30.0 Å². The van der Waals surface area contributed by atoms with Crippen LogP contribution < -0.4 is 15.4 Å². The number of carbonyl (C=O) groups is 1. The summed E-state index contributed by atoms with van der Waals surface area (Å²) >= 11 is 0. The molecule has 1 unspecified atom stereocenters. The number of benzene rings is 1. The zero-order valence-electron chi connectivity index (χ0n) is 15.0. The molecule has 3 rings (SSSR count). The van der Waals surface area contributed by atoms with Gasteiger partial charge in [-0.15, -0.1) is 0 Å². The molecular weight excluding hydrogens is 354 g/mol. The number of hydrogen-bond donors (Lipinski definition) is 3. The van der Waals surface area contributed by atoms with E-state index in [1.807, 2.05) is 0 Å². The average molecular weight is 377 g/mol. The molecule has 8 nitrogen and oxygen atoms in total. The minimum Gasteiger partial charge on any atom is -0.324 e. The number of rotatable bonds is 7. The number of sulfonamides is 1. The van der Waals surface area contributed by atoms with E-state index < -0.39 is 16.1 Å². The molecule has 0 bridgehead atoms. The molecule has 1 aromatic heterocycles. The molecule has 0 spiro atoms. The molecule has 1 aliphatic rings. The summed E-state index contributed by atoms with van der Waals surface area (Å²) in [4.78, 5) is 12.8. The number of aryl methyl sites for hydroxylation is 2. The molecule has 1 saturated carbocycles. The van der Waals surface area contributed by atoms with Crippen LogP contribution in [0.4, 0.5) is 5.69 Å². The molecule has 1 heterocycles. The van der Waals surface area contributed by atoms with Crippen molar-refractivity contribution in [3.05, 3.63) is 41.7 Å². The first kappa shape index (κ1) is 18.6. The third-order valence-corrected chi connectivity index (χ3v) is 5.92. The van der Waals surface area contributed by atoms with Crippen LogP contribution in [0.15, 0.2) is 35.5 Å². The third kappa shape index (κ3) is 4.12. The summed E-state index contributed by atoms with van der Waals surface area (Å²) < 4.78 is 29.3. The maximum Gasteiger partial charge on any atom is 0.246 e. The Bertz CT molecular complexity index is 918. The van der Waals surface area contributed by atoms with Gasteiger partial charge in [-0.1, -0.05) is 6.07 Å². The van der Waals surface area contributed by atoms with Gasteiger partial charge in [-0.2, -0.15) is 5.10 Å². The number of carbonyl (C=O) groups excluding carboxylic acids is 1. The van der Waals surface area contributed by atoms with Gasteiger partial charge in [0.25, 0.3) is 0 Å². The molecule has 0 aliphatic heterocycles. The molecular formula is C17H23N5O3S. The van der Waals surface area contributed by atoms with Crippen molar-refractivity contribution in [2.24, 2.45) is 7.05 Å². The summed E-state index contributed by atoms with van der Waals surface area (Å²) in [6.07, 6.45) is 5.10. The first-order valence-corrected chi connectivity index (χ1v) is 9.88. The van der Waals surface area contributed by atoms with Gasteiger partial charge >= 0.3 is 0 Å². The largest absolute Gasteiger partial charge is 0.324 e. The second kappa shape index (κ2) is 7.18. The number of amides is 1. The number of nitrogens with one attached hydrogen (secondary N) is 3. The van der Waals surface area contributed by atoms with E-state index >= 15 is 0 Å². The molecule has 9 heteroatoms. The van der Waals surface area contributed by atoms with E-state index in [9.17, 15) is 13.2 Å². The van der Waals surface area contributed by atoms with Crippen molar-refractivity contribution in [3.8, 4) is 0 Å². The lowest BCUT2D eigenvalue weighted by molar-refractivity contribution is -0.118. The van der Waals surface area contributed by atoms with Crippen molar-refractivity contribution in [1.82, 2.24) is 19.8 Å². The second-order valence-electron chi connectivity index (χ2n) is 6.53. The summed E-state index contributed by atoms with van der Waals surface area (Å²) in [5.41, 5.74) is 1.79. The Morgan fingerprint density at radius 2 is 2.08 bits per heavy atom. The first-order valence-electron chi connectivity index (χ1n) is 8.40. The topological polar surface area (TPSA) is 105 Å². The van der Waals surface area contributed by atoms with Crippen molar-refractivity contribution >= 4 is 21.6 Å². The Morgan fingerprint density at radius 1 is 1.35 bits per heavy atom. The molecule has 140 valence electrons. The van der Waals surface area contributed by atoms with Gasteiger partial charge < -0.3 is 10.6 Å². The van der Waals surface area contributed by atoms with Crippen molar-refractivity contribution in [2.75, 3.05) is 12.4 Å². The Kier molecular flexibility index (Phi) is 5.12. The highest BCUT2D eigenvalue weighted by Gasteiger charge is 2.29. The molecule has 1 aromatic carbocycles. The molecule has 0 radical (unpaired) electrons. The van der Waals surface area contributed by atoms with Gasteiger partial charge in [0.15, 0.2) is 0 Å². The predicted molar refractivity (Wildman–Crippen MR) is 98.2 cm³/mol. The fourth-order valence-electron chi connectivity index (χ4n) is 2.70. The molecule has 1 aliphatic carbocycles. The van der Waals surface area contributed by atoms with Crippen LogP contribution in [0, 0.1) is 6.92 Å². The lowest BCUT2D eigenvalue weighted by Crippen LogP contribution is -2.30. The van der Waals surface area contributed by atoms with Crippen LogP contribution in [-0.2, 0) is 21.9 Å². The van der Waals surface area contributed by atoms with Crippen molar-refractivity contribution in [3.63, 3.8) is 0 Å². The number of likely N-dealkylation sites (N-methyl/N-ethyl adjacent to an activating group) is 1. The highest BCUT2D eigenvalue weighted by atomic mass is 32.2. The van der Waals surface area contributed by atoms with Gasteiger partial charge in [-0.25, -0.2) is 13.1 Å². The van der Waals surface area contributed by atoms with Crippen LogP contribution in [0.25, 0.3) is 0 Å². The maximum atomic E-state index is 12.6. The smallest absolute Gasteiger partial charge is 0.246 e. The van der Waals surface area contributed by atoms with Crippen LogP contribution >= 0.6 is 0 Å². The fraction of sp³-hybridized carbons (Fsp3) is 0.412. The SMILES string of the molecule is CNC(C(=O)Nc1ccc(C)c(S(=O)(=O)NC2CC2)c1)c1cnn(C)c1. The van der Waals surface area contributed by atoms with E-state index in [2.05, 4.69) is 20.5 Å². The summed E-state index contributed by atoms with van der Waals surface area (Å²) in [7, 11) is -0.133. The van der Waals surface area contributed by atoms with Gasteiger partial charge in [0.05, 0.1) is 11.1 Å². The van der Waals surface area contributed by atoms with E-state index in [1.165, 1.54) is 6.07 Å². The molecule has 1 atom stereocenters. The Balaban J connectivity index is 1.81. The second-order valence-corrected chi connectivity index (χ2v) is 8.22. The Morgan fingerprint density at radius 3 is 2.65 bits per heavy atom. The summed E-state index contributed by atoms with van der Waals surface area (Å²) in [5.74, 6) is -0.289. The minimum absolute atomic E-state index is 0.0249. The Labute approximate surface area is 153 Å². The molecule has 1 fully saturated rings. The lowest BCUT2D eigenvalue weighted by atomic mass is 10.1. The number of anilines is 1. The van der Waals surface area contributed by atoms with Gasteiger partial charge in [0, 0.05) is 30.5 Å². The molecule has 2 aromatic rings. The van der Waals surface area contributed by atoms with E-state index in [1.54, 1.807) is 50.2 Å². The quantitative estimate of drug-likeness (QED) is 0.669. The lowest BCUT2D eigenvalue weighted by Gasteiger charge is -2.16. The molecule has 26 heavy (non-hydrogen) atoms. The van der Waals surface area contributed by atoms with Gasteiger partial charge in [0.1, 0.15) is 6.04 Å². The highest BCUT2D eigenvalue weighted by molar-refractivity contribution is 7.89. The van der Waals surface area contributed by atoms with Gasteiger partial charge in [-0.05, 0) is 44.5 Å². The molecule has 3 N–H and O–H groups in total.